The monoisotopic (exact) mass is 339 g/mol. The van der Waals surface area contributed by atoms with Gasteiger partial charge in [0.25, 0.3) is 0 Å². The SMILES string of the molecule is CCCNC(=O)NC[C@@H]1CC[C@H]2[C@H](CN2C(=O)C2CCOCC2)O1. The maximum atomic E-state index is 12.6. The standard InChI is InChI=1S/C17H29N3O4/c1-2-7-18-17(22)19-10-13-3-4-14-15(24-13)11-20(14)16(21)12-5-8-23-9-6-12/h12-15H,2-11H2,1H3,(H2,18,19,22)/t13-,14-,15-/m0/s1. The highest BCUT2D eigenvalue weighted by atomic mass is 16.5. The zero-order valence-corrected chi connectivity index (χ0v) is 14.5. The van der Waals surface area contributed by atoms with E-state index < -0.39 is 0 Å². The van der Waals surface area contributed by atoms with Gasteiger partial charge in [-0.3, -0.25) is 4.79 Å². The summed E-state index contributed by atoms with van der Waals surface area (Å²) in [6.07, 6.45) is 4.63. The molecule has 3 aliphatic heterocycles. The van der Waals surface area contributed by atoms with Gasteiger partial charge in [0, 0.05) is 38.8 Å². The molecular formula is C17H29N3O4. The van der Waals surface area contributed by atoms with Gasteiger partial charge in [-0.25, -0.2) is 4.79 Å². The van der Waals surface area contributed by atoms with Crippen molar-refractivity contribution in [3.05, 3.63) is 0 Å². The molecule has 0 aromatic carbocycles. The molecule has 7 nitrogen and oxygen atoms in total. The molecular weight excluding hydrogens is 310 g/mol. The second kappa shape index (κ2) is 8.16. The van der Waals surface area contributed by atoms with Gasteiger partial charge in [0.15, 0.2) is 0 Å². The Morgan fingerprint density at radius 2 is 1.92 bits per heavy atom. The molecule has 0 spiro atoms. The Kier molecular flexibility index (Phi) is 5.94. The van der Waals surface area contributed by atoms with E-state index in [9.17, 15) is 9.59 Å². The van der Waals surface area contributed by atoms with Crippen molar-refractivity contribution >= 4 is 11.9 Å². The molecule has 3 atom stereocenters. The third-order valence-electron chi connectivity index (χ3n) is 5.24. The summed E-state index contributed by atoms with van der Waals surface area (Å²) in [4.78, 5) is 26.2. The maximum Gasteiger partial charge on any atom is 0.314 e. The second-order valence-corrected chi connectivity index (χ2v) is 6.96. The predicted molar refractivity (Wildman–Crippen MR) is 88.6 cm³/mol. The Labute approximate surface area is 143 Å². The van der Waals surface area contributed by atoms with Crippen LogP contribution in [0, 0.1) is 5.92 Å². The number of likely N-dealkylation sites (tertiary alicyclic amines) is 1. The number of hydrogen-bond donors (Lipinski definition) is 2. The number of carbonyl (C=O) groups is 2. The molecule has 0 bridgehead atoms. The summed E-state index contributed by atoms with van der Waals surface area (Å²) in [5, 5.41) is 5.66. The van der Waals surface area contributed by atoms with Crippen LogP contribution in [0.1, 0.15) is 39.0 Å². The molecule has 0 aliphatic carbocycles. The van der Waals surface area contributed by atoms with Crippen LogP contribution in [0.4, 0.5) is 4.79 Å². The average Bonchev–Trinajstić information content (AvgIpc) is 2.60. The van der Waals surface area contributed by atoms with Crippen LogP contribution in [-0.4, -0.2) is 67.9 Å². The molecule has 0 radical (unpaired) electrons. The molecule has 3 saturated heterocycles. The van der Waals surface area contributed by atoms with E-state index in [1.54, 1.807) is 0 Å². The van der Waals surface area contributed by atoms with Gasteiger partial charge in [-0.05, 0) is 32.1 Å². The van der Waals surface area contributed by atoms with Crippen molar-refractivity contribution in [3.63, 3.8) is 0 Å². The molecule has 7 heteroatoms. The summed E-state index contributed by atoms with van der Waals surface area (Å²) in [6.45, 7) is 5.33. The van der Waals surface area contributed by atoms with E-state index >= 15 is 0 Å². The van der Waals surface area contributed by atoms with Crippen LogP contribution in [0.5, 0.6) is 0 Å². The van der Waals surface area contributed by atoms with E-state index in [0.29, 0.717) is 32.8 Å². The number of carbonyl (C=O) groups excluding carboxylic acids is 2. The first kappa shape index (κ1) is 17.5. The third kappa shape index (κ3) is 4.00. The molecule has 3 heterocycles. The number of nitrogens with one attached hydrogen (secondary N) is 2. The number of amides is 3. The Morgan fingerprint density at radius 1 is 1.12 bits per heavy atom. The van der Waals surface area contributed by atoms with Crippen molar-refractivity contribution in [2.24, 2.45) is 5.92 Å². The summed E-state index contributed by atoms with van der Waals surface area (Å²) in [5.41, 5.74) is 0. The van der Waals surface area contributed by atoms with Gasteiger partial charge in [0.1, 0.15) is 0 Å². The Hall–Kier alpha value is -1.34. The third-order valence-corrected chi connectivity index (χ3v) is 5.24. The predicted octanol–water partition coefficient (Wildman–Crippen LogP) is 0.881. The highest BCUT2D eigenvalue weighted by Gasteiger charge is 2.47. The average molecular weight is 339 g/mol. The maximum absolute atomic E-state index is 12.6. The Morgan fingerprint density at radius 3 is 2.62 bits per heavy atom. The first-order chi connectivity index (χ1) is 11.7. The molecule has 3 aliphatic rings. The molecule has 0 aromatic heterocycles. The Bertz CT molecular complexity index is 453. The van der Waals surface area contributed by atoms with Crippen molar-refractivity contribution < 1.29 is 19.1 Å². The lowest BCUT2D eigenvalue weighted by Gasteiger charge is -2.53. The summed E-state index contributed by atoms with van der Waals surface area (Å²) < 4.78 is 11.4. The van der Waals surface area contributed by atoms with E-state index in [-0.39, 0.29) is 36.1 Å². The fraction of sp³-hybridized carbons (Fsp3) is 0.882. The fourth-order valence-corrected chi connectivity index (χ4v) is 3.75. The van der Waals surface area contributed by atoms with E-state index in [1.165, 1.54) is 0 Å². The van der Waals surface area contributed by atoms with Crippen molar-refractivity contribution in [1.82, 2.24) is 15.5 Å². The quantitative estimate of drug-likeness (QED) is 0.779. The molecule has 0 aromatic rings. The number of nitrogens with zero attached hydrogens (tertiary/aromatic N) is 1. The number of ether oxygens (including phenoxy) is 2. The van der Waals surface area contributed by atoms with Gasteiger partial charge >= 0.3 is 6.03 Å². The highest BCUT2D eigenvalue weighted by Crippen LogP contribution is 2.34. The van der Waals surface area contributed by atoms with Crippen LogP contribution < -0.4 is 10.6 Å². The van der Waals surface area contributed by atoms with Crippen LogP contribution in [0.25, 0.3) is 0 Å². The topological polar surface area (TPSA) is 79.9 Å². The normalized spacial score (nSPS) is 30.2. The second-order valence-electron chi connectivity index (χ2n) is 6.96. The van der Waals surface area contributed by atoms with Crippen molar-refractivity contribution in [3.8, 4) is 0 Å². The van der Waals surface area contributed by atoms with E-state index in [0.717, 1.165) is 32.1 Å². The lowest BCUT2D eigenvalue weighted by molar-refractivity contribution is -0.186. The summed E-state index contributed by atoms with van der Waals surface area (Å²) in [7, 11) is 0. The lowest BCUT2D eigenvalue weighted by Crippen LogP contribution is -2.67. The summed E-state index contributed by atoms with van der Waals surface area (Å²) in [5.74, 6) is 0.403. The largest absolute Gasteiger partial charge is 0.381 e. The molecule has 2 N–H and O–H groups in total. The van der Waals surface area contributed by atoms with Gasteiger partial charge < -0.3 is 25.0 Å². The molecule has 136 valence electrons. The molecule has 3 amide bonds. The minimum absolute atomic E-state index is 0.0546. The minimum atomic E-state index is -0.132. The number of hydrogen-bond acceptors (Lipinski definition) is 4. The van der Waals surface area contributed by atoms with Crippen LogP contribution in [-0.2, 0) is 14.3 Å². The smallest absolute Gasteiger partial charge is 0.314 e. The van der Waals surface area contributed by atoms with E-state index in [4.69, 9.17) is 9.47 Å². The van der Waals surface area contributed by atoms with Gasteiger partial charge in [-0.1, -0.05) is 6.92 Å². The van der Waals surface area contributed by atoms with Gasteiger partial charge in [0.05, 0.1) is 18.2 Å². The molecule has 0 unspecified atom stereocenters. The van der Waals surface area contributed by atoms with Crippen molar-refractivity contribution in [1.29, 1.82) is 0 Å². The lowest BCUT2D eigenvalue weighted by atomic mass is 9.87. The Balaban J connectivity index is 1.39. The first-order valence-corrected chi connectivity index (χ1v) is 9.24. The number of rotatable bonds is 5. The number of urea groups is 1. The van der Waals surface area contributed by atoms with Crippen LogP contribution in [0.3, 0.4) is 0 Å². The van der Waals surface area contributed by atoms with Crippen molar-refractivity contribution in [2.75, 3.05) is 32.8 Å². The van der Waals surface area contributed by atoms with Gasteiger partial charge in [-0.2, -0.15) is 0 Å². The highest BCUT2D eigenvalue weighted by molar-refractivity contribution is 5.80. The zero-order valence-electron chi connectivity index (χ0n) is 14.5. The van der Waals surface area contributed by atoms with Gasteiger partial charge in [-0.15, -0.1) is 0 Å². The molecule has 0 saturated carbocycles. The van der Waals surface area contributed by atoms with Crippen LogP contribution in [0.2, 0.25) is 0 Å². The number of fused-ring (bicyclic) bond motifs is 1. The summed E-state index contributed by atoms with van der Waals surface area (Å²) in [6, 6.07) is 0.0954. The summed E-state index contributed by atoms with van der Waals surface area (Å²) >= 11 is 0. The molecule has 3 rings (SSSR count). The van der Waals surface area contributed by atoms with Crippen molar-refractivity contribution in [2.45, 2.75) is 57.3 Å². The van der Waals surface area contributed by atoms with E-state index in [1.807, 2.05) is 11.8 Å². The minimum Gasteiger partial charge on any atom is -0.381 e. The fourth-order valence-electron chi connectivity index (χ4n) is 3.75. The first-order valence-electron chi connectivity index (χ1n) is 9.24. The van der Waals surface area contributed by atoms with E-state index in [2.05, 4.69) is 10.6 Å². The van der Waals surface area contributed by atoms with Crippen LogP contribution >= 0.6 is 0 Å². The molecule has 3 fully saturated rings. The van der Waals surface area contributed by atoms with Gasteiger partial charge in [0.2, 0.25) is 5.91 Å². The zero-order chi connectivity index (χ0) is 16.9. The van der Waals surface area contributed by atoms with Crippen LogP contribution in [0.15, 0.2) is 0 Å². The molecule has 24 heavy (non-hydrogen) atoms.